The summed E-state index contributed by atoms with van der Waals surface area (Å²) in [5, 5.41) is 3.89. The van der Waals surface area contributed by atoms with Crippen molar-refractivity contribution in [2.24, 2.45) is 0 Å². The number of nitrogens with one attached hydrogen (secondary N) is 2. The quantitative estimate of drug-likeness (QED) is 0.435. The van der Waals surface area contributed by atoms with Gasteiger partial charge in [-0.25, -0.2) is 4.68 Å². The predicted octanol–water partition coefficient (Wildman–Crippen LogP) is 1.05. The summed E-state index contributed by atoms with van der Waals surface area (Å²) >= 11 is 0. The van der Waals surface area contributed by atoms with Crippen LogP contribution in [0.5, 0.6) is 0 Å². The molecule has 1 amide bonds. The summed E-state index contributed by atoms with van der Waals surface area (Å²) in [7, 11) is -8.80. The molecule has 0 aliphatic heterocycles. The van der Waals surface area contributed by atoms with Crippen LogP contribution in [0.3, 0.4) is 0 Å². The molecule has 1 aliphatic carbocycles. The number of carbonyl (C=O) groups is 1. The number of hydrogen-bond acceptors (Lipinski definition) is 6. The Morgan fingerprint density at radius 3 is 2.09 bits per heavy atom. The van der Waals surface area contributed by atoms with Gasteiger partial charge in [-0.15, -0.1) is 0 Å². The van der Waals surface area contributed by atoms with Crippen LogP contribution in [0.1, 0.15) is 43.0 Å². The zero-order valence-electron chi connectivity index (χ0n) is 17.5. The molecule has 13 heteroatoms. The fourth-order valence-electron chi connectivity index (χ4n) is 3.50. The van der Waals surface area contributed by atoms with Crippen molar-refractivity contribution in [3.63, 3.8) is 0 Å². The minimum atomic E-state index is -4.47. The summed E-state index contributed by atoms with van der Waals surface area (Å²) in [6.07, 6.45) is 1.93. The summed E-state index contributed by atoms with van der Waals surface area (Å²) in [6.45, 7) is 1.27. The molecule has 2 aromatic rings. The van der Waals surface area contributed by atoms with Crippen molar-refractivity contribution in [1.82, 2.24) is 15.1 Å². The topological polar surface area (TPSA) is 176 Å². The van der Waals surface area contributed by atoms with E-state index < -0.39 is 48.7 Å². The number of carbonyl (C=O) groups excluding carboxylic acids is 1. The van der Waals surface area contributed by atoms with Crippen molar-refractivity contribution >= 4 is 26.1 Å². The third-order valence-electron chi connectivity index (χ3n) is 5.07. The van der Waals surface area contributed by atoms with E-state index in [4.69, 9.17) is 4.55 Å². The molecule has 0 saturated heterocycles. The minimum Gasteiger partial charge on any atom is -0.349 e. The fraction of sp³-hybridized carbons (Fsp3) is 0.474. The van der Waals surface area contributed by atoms with E-state index in [-0.39, 0.29) is 24.2 Å². The lowest BCUT2D eigenvalue weighted by Crippen LogP contribution is -2.38. The molecule has 178 valence electrons. The molecular formula is C19H27N3O8S2. The average Bonchev–Trinajstić information content (AvgIpc) is 3.00. The second-order valence-corrected chi connectivity index (χ2v) is 10.5. The number of nitrogens with zero attached hydrogens (tertiary/aromatic N) is 1. The molecule has 1 saturated carbocycles. The lowest BCUT2D eigenvalue weighted by Gasteiger charge is -2.29. The van der Waals surface area contributed by atoms with Crippen molar-refractivity contribution in [3.05, 3.63) is 58.0 Å². The van der Waals surface area contributed by atoms with E-state index in [2.05, 4.69) is 10.4 Å². The van der Waals surface area contributed by atoms with Gasteiger partial charge in [0.15, 0.2) is 5.75 Å². The van der Waals surface area contributed by atoms with Crippen LogP contribution in [0.25, 0.3) is 0 Å². The molecule has 0 bridgehead atoms. The second kappa shape index (κ2) is 10.9. The number of hydrogen-bond donors (Lipinski definition) is 4. The Labute approximate surface area is 186 Å². The summed E-state index contributed by atoms with van der Waals surface area (Å²) in [5.74, 6) is -2.06. The molecule has 3 rings (SSSR count). The molecular weight excluding hydrogens is 462 g/mol. The second-order valence-electron chi connectivity index (χ2n) is 7.45. The number of amides is 1. The van der Waals surface area contributed by atoms with E-state index in [1.807, 2.05) is 36.4 Å². The van der Waals surface area contributed by atoms with Gasteiger partial charge in [-0.2, -0.15) is 16.8 Å². The van der Waals surface area contributed by atoms with Crippen LogP contribution >= 0.6 is 0 Å². The van der Waals surface area contributed by atoms with Crippen LogP contribution < -0.4 is 10.9 Å². The van der Waals surface area contributed by atoms with Gasteiger partial charge >= 0.3 is 0 Å². The maximum Gasteiger partial charge on any atom is 0.274 e. The number of aromatic nitrogens is 2. The zero-order chi connectivity index (χ0) is 23.9. The SMILES string of the molecule is Cc1c(CNC(=O)CS(=O)(=O)O)[nH]n(C2CCCCC2S(=O)(=O)O)c1=O.c1ccccc1. The summed E-state index contributed by atoms with van der Waals surface area (Å²) in [6, 6.07) is 11.2. The molecule has 1 aromatic carbocycles. The van der Waals surface area contributed by atoms with E-state index in [1.54, 1.807) is 0 Å². The van der Waals surface area contributed by atoms with Gasteiger partial charge in [0.1, 0.15) is 5.25 Å². The number of aromatic amines is 1. The van der Waals surface area contributed by atoms with E-state index in [0.717, 1.165) is 4.68 Å². The summed E-state index contributed by atoms with van der Waals surface area (Å²) in [4.78, 5) is 23.9. The van der Waals surface area contributed by atoms with Crippen LogP contribution in [0.4, 0.5) is 0 Å². The van der Waals surface area contributed by atoms with Gasteiger partial charge in [0, 0.05) is 5.56 Å². The average molecular weight is 490 g/mol. The van der Waals surface area contributed by atoms with Crippen molar-refractivity contribution in [1.29, 1.82) is 0 Å². The van der Waals surface area contributed by atoms with Gasteiger partial charge in [-0.3, -0.25) is 23.8 Å². The first-order chi connectivity index (χ1) is 14.9. The predicted molar refractivity (Wildman–Crippen MR) is 117 cm³/mol. The molecule has 4 N–H and O–H groups in total. The Morgan fingerprint density at radius 2 is 1.59 bits per heavy atom. The number of benzene rings is 1. The smallest absolute Gasteiger partial charge is 0.274 e. The Bertz CT molecular complexity index is 1140. The van der Waals surface area contributed by atoms with Gasteiger partial charge in [-0.05, 0) is 19.8 Å². The Kier molecular flexibility index (Phi) is 8.78. The van der Waals surface area contributed by atoms with Gasteiger partial charge in [-0.1, -0.05) is 49.2 Å². The van der Waals surface area contributed by atoms with Crippen LogP contribution in [-0.2, 0) is 31.6 Å². The lowest BCUT2D eigenvalue weighted by atomic mass is 9.95. The van der Waals surface area contributed by atoms with Gasteiger partial charge in [0.05, 0.1) is 18.3 Å². The maximum absolute atomic E-state index is 12.4. The van der Waals surface area contributed by atoms with Crippen molar-refractivity contribution < 1.29 is 30.7 Å². The van der Waals surface area contributed by atoms with Crippen LogP contribution in [0.15, 0.2) is 41.2 Å². The normalized spacial score (nSPS) is 19.0. The largest absolute Gasteiger partial charge is 0.349 e. The molecule has 1 fully saturated rings. The highest BCUT2D eigenvalue weighted by molar-refractivity contribution is 7.86. The first-order valence-corrected chi connectivity index (χ1v) is 13.0. The standard InChI is InChI=1S/C13H21N3O8S2.C6H6/c1-8-9(6-14-12(17)7-25(19,20)21)15-16(13(8)18)10-4-2-3-5-11(10)26(22,23)24;1-2-4-6-5-3-1/h10-11,15H,2-7H2,1H3,(H,14,17)(H,19,20,21)(H,22,23,24);1-6H. The van der Waals surface area contributed by atoms with E-state index in [9.17, 15) is 31.0 Å². The first-order valence-electron chi connectivity index (χ1n) is 9.88. The Hall–Kier alpha value is -2.48. The highest BCUT2D eigenvalue weighted by Crippen LogP contribution is 2.32. The number of H-pyrrole nitrogens is 1. The number of rotatable bonds is 6. The zero-order valence-corrected chi connectivity index (χ0v) is 19.1. The van der Waals surface area contributed by atoms with Crippen molar-refractivity contribution in [2.45, 2.75) is 50.4 Å². The molecule has 0 radical (unpaired) electrons. The fourth-order valence-corrected chi connectivity index (χ4v) is 5.06. The minimum absolute atomic E-state index is 0.203. The molecule has 32 heavy (non-hydrogen) atoms. The summed E-state index contributed by atoms with van der Waals surface area (Å²) in [5.41, 5.74) is 0.0275. The van der Waals surface area contributed by atoms with E-state index in [0.29, 0.717) is 19.3 Å². The van der Waals surface area contributed by atoms with Gasteiger partial charge in [0.2, 0.25) is 5.91 Å². The van der Waals surface area contributed by atoms with Gasteiger partial charge in [0.25, 0.3) is 25.8 Å². The molecule has 1 aliphatic rings. The van der Waals surface area contributed by atoms with Crippen molar-refractivity contribution in [3.8, 4) is 0 Å². The Morgan fingerprint density at radius 1 is 1.06 bits per heavy atom. The molecule has 2 unspecified atom stereocenters. The Balaban J connectivity index is 0.000000520. The van der Waals surface area contributed by atoms with Crippen LogP contribution in [0, 0.1) is 6.92 Å². The monoisotopic (exact) mass is 489 g/mol. The lowest BCUT2D eigenvalue weighted by molar-refractivity contribution is -0.118. The first kappa shape index (κ1) is 25.8. The molecule has 1 aromatic heterocycles. The van der Waals surface area contributed by atoms with Crippen molar-refractivity contribution in [2.75, 3.05) is 5.75 Å². The van der Waals surface area contributed by atoms with Crippen LogP contribution in [0.2, 0.25) is 0 Å². The molecule has 2 atom stereocenters. The van der Waals surface area contributed by atoms with E-state index >= 15 is 0 Å². The molecule has 0 spiro atoms. The highest BCUT2D eigenvalue weighted by atomic mass is 32.2. The third kappa shape index (κ3) is 7.58. The summed E-state index contributed by atoms with van der Waals surface area (Å²) < 4.78 is 63.8. The molecule has 11 nitrogen and oxygen atoms in total. The van der Waals surface area contributed by atoms with Gasteiger partial charge < -0.3 is 5.32 Å². The highest BCUT2D eigenvalue weighted by Gasteiger charge is 2.37. The molecule has 1 heterocycles. The third-order valence-corrected chi connectivity index (χ3v) is 7.01. The maximum atomic E-state index is 12.4. The van der Waals surface area contributed by atoms with E-state index in [1.165, 1.54) is 6.92 Å². The van der Waals surface area contributed by atoms with Crippen LogP contribution in [-0.4, -0.2) is 52.6 Å².